The van der Waals surface area contributed by atoms with Gasteiger partial charge in [0, 0.05) is 43.6 Å². The van der Waals surface area contributed by atoms with Crippen molar-refractivity contribution in [2.75, 3.05) is 33.9 Å². The summed E-state index contributed by atoms with van der Waals surface area (Å²) in [7, 11) is 3.14. The smallest absolute Gasteiger partial charge is 0.256 e. The number of nitrogens with one attached hydrogen (secondary N) is 1. The molecule has 2 aliphatic rings. The topological polar surface area (TPSA) is 97.4 Å². The molecule has 3 aromatic carbocycles. The van der Waals surface area contributed by atoms with Crippen LogP contribution in [0.3, 0.4) is 0 Å². The summed E-state index contributed by atoms with van der Waals surface area (Å²) in [5.74, 6) is 0.638. The molecular formula is C31H33N3O6. The van der Waals surface area contributed by atoms with Crippen molar-refractivity contribution in [1.82, 2.24) is 15.1 Å². The predicted octanol–water partition coefficient (Wildman–Crippen LogP) is 3.49. The highest BCUT2D eigenvalue weighted by Gasteiger charge is 2.54. The number of hydrogen-bond acceptors (Lipinski definition) is 6. The van der Waals surface area contributed by atoms with Crippen molar-refractivity contribution in [2.24, 2.45) is 0 Å². The van der Waals surface area contributed by atoms with Crippen molar-refractivity contribution in [3.8, 4) is 11.5 Å². The number of rotatable bonds is 7. The molecule has 0 saturated carbocycles. The number of hydrogen-bond donors (Lipinski definition) is 1. The standard InChI is InChI=1S/C31H33N3O6/c1-38-25-12-8-23(9-13-25)29(36)33-18-16-31(17-19-33)34(30(37)24-10-14-26(39-2)15-11-24)27(21-40-31)28(35)32-20-22-6-4-3-5-7-22/h3-15,27H,16-21H2,1-2H3,(H,32,35)/t27-/m1/s1. The molecule has 5 rings (SSSR count). The van der Waals surface area contributed by atoms with Crippen LogP contribution in [0.15, 0.2) is 78.9 Å². The van der Waals surface area contributed by atoms with Crippen LogP contribution in [0.1, 0.15) is 39.1 Å². The lowest BCUT2D eigenvalue weighted by atomic mass is 9.96. The maximum Gasteiger partial charge on any atom is 0.256 e. The van der Waals surface area contributed by atoms with Crippen LogP contribution in [-0.4, -0.2) is 73.2 Å². The van der Waals surface area contributed by atoms with Crippen LogP contribution >= 0.6 is 0 Å². The van der Waals surface area contributed by atoms with Crippen LogP contribution in [0.5, 0.6) is 11.5 Å². The number of benzene rings is 3. The second kappa shape index (κ2) is 11.8. The monoisotopic (exact) mass is 543 g/mol. The molecule has 2 heterocycles. The third-order valence-corrected chi connectivity index (χ3v) is 7.60. The van der Waals surface area contributed by atoms with Crippen molar-refractivity contribution < 1.29 is 28.6 Å². The van der Waals surface area contributed by atoms with Gasteiger partial charge < -0.3 is 24.4 Å². The van der Waals surface area contributed by atoms with E-state index < -0.39 is 11.8 Å². The second-order valence-corrected chi connectivity index (χ2v) is 9.90. The summed E-state index contributed by atoms with van der Waals surface area (Å²) >= 11 is 0. The first-order valence-electron chi connectivity index (χ1n) is 13.3. The van der Waals surface area contributed by atoms with E-state index in [0.29, 0.717) is 55.1 Å². The van der Waals surface area contributed by atoms with Gasteiger partial charge in [-0.3, -0.25) is 19.3 Å². The molecule has 3 amide bonds. The third kappa shape index (κ3) is 5.51. The first-order valence-corrected chi connectivity index (χ1v) is 13.3. The molecule has 2 saturated heterocycles. The van der Waals surface area contributed by atoms with Crippen LogP contribution < -0.4 is 14.8 Å². The van der Waals surface area contributed by atoms with Gasteiger partial charge in [0.1, 0.15) is 23.3 Å². The van der Waals surface area contributed by atoms with Crippen LogP contribution in [-0.2, 0) is 16.1 Å². The van der Waals surface area contributed by atoms with Gasteiger partial charge in [0.25, 0.3) is 11.8 Å². The highest BCUT2D eigenvalue weighted by Crippen LogP contribution is 2.39. The van der Waals surface area contributed by atoms with Crippen molar-refractivity contribution in [1.29, 1.82) is 0 Å². The fourth-order valence-electron chi connectivity index (χ4n) is 5.32. The molecule has 1 atom stereocenters. The SMILES string of the molecule is COc1ccc(C(=O)N2CCC3(CC2)OC[C@H](C(=O)NCc2ccccc2)N3C(=O)c2ccc(OC)cc2)cc1. The van der Waals surface area contributed by atoms with Crippen LogP contribution in [0, 0.1) is 0 Å². The van der Waals surface area contributed by atoms with Gasteiger partial charge in [-0.2, -0.15) is 0 Å². The Kier molecular flexibility index (Phi) is 8.02. The molecule has 40 heavy (non-hydrogen) atoms. The minimum atomic E-state index is -0.998. The first kappa shape index (κ1) is 27.2. The van der Waals surface area contributed by atoms with E-state index in [1.54, 1.807) is 72.6 Å². The number of nitrogens with zero attached hydrogens (tertiary/aromatic N) is 2. The van der Waals surface area contributed by atoms with E-state index >= 15 is 0 Å². The van der Waals surface area contributed by atoms with E-state index in [4.69, 9.17) is 14.2 Å². The number of carbonyl (C=O) groups excluding carboxylic acids is 3. The van der Waals surface area contributed by atoms with Crippen LogP contribution in [0.2, 0.25) is 0 Å². The molecule has 3 aromatic rings. The van der Waals surface area contributed by atoms with Gasteiger partial charge in [0.05, 0.1) is 20.8 Å². The van der Waals surface area contributed by atoms with Crippen LogP contribution in [0.4, 0.5) is 0 Å². The van der Waals surface area contributed by atoms with Crippen molar-refractivity contribution in [3.05, 3.63) is 95.6 Å². The largest absolute Gasteiger partial charge is 0.497 e. The molecule has 0 aliphatic carbocycles. The Morgan fingerprint density at radius 2 is 1.38 bits per heavy atom. The highest BCUT2D eigenvalue weighted by molar-refractivity contribution is 5.99. The van der Waals surface area contributed by atoms with Gasteiger partial charge in [0.15, 0.2) is 0 Å². The Bertz CT molecular complexity index is 1340. The summed E-state index contributed by atoms with van der Waals surface area (Å²) in [4.78, 5) is 43.9. The lowest BCUT2D eigenvalue weighted by molar-refractivity contribution is -0.128. The number of likely N-dealkylation sites (tertiary alicyclic amines) is 1. The average molecular weight is 544 g/mol. The van der Waals surface area contributed by atoms with E-state index in [9.17, 15) is 14.4 Å². The van der Waals surface area contributed by atoms with Crippen molar-refractivity contribution in [2.45, 2.75) is 31.2 Å². The molecule has 9 heteroatoms. The molecule has 2 fully saturated rings. The quantitative estimate of drug-likeness (QED) is 0.490. The molecule has 0 radical (unpaired) electrons. The Balaban J connectivity index is 1.35. The molecule has 2 aliphatic heterocycles. The van der Waals surface area contributed by atoms with Gasteiger partial charge in [0.2, 0.25) is 5.91 Å². The van der Waals surface area contributed by atoms with Crippen molar-refractivity contribution >= 4 is 17.7 Å². The Labute approximate surface area is 233 Å². The van der Waals surface area contributed by atoms with Gasteiger partial charge in [-0.25, -0.2) is 0 Å². The van der Waals surface area contributed by atoms with E-state index in [2.05, 4.69) is 5.32 Å². The zero-order chi connectivity index (χ0) is 28.1. The molecule has 0 unspecified atom stereocenters. The third-order valence-electron chi connectivity index (χ3n) is 7.60. The Morgan fingerprint density at radius 1 is 0.825 bits per heavy atom. The minimum absolute atomic E-state index is 0.0783. The highest BCUT2D eigenvalue weighted by atomic mass is 16.5. The zero-order valence-corrected chi connectivity index (χ0v) is 22.7. The second-order valence-electron chi connectivity index (χ2n) is 9.90. The summed E-state index contributed by atoms with van der Waals surface area (Å²) in [6.45, 7) is 1.19. The maximum absolute atomic E-state index is 13.9. The lowest BCUT2D eigenvalue weighted by Crippen LogP contribution is -2.59. The zero-order valence-electron chi connectivity index (χ0n) is 22.7. The van der Waals surface area contributed by atoms with Gasteiger partial charge in [-0.05, 0) is 54.1 Å². The maximum atomic E-state index is 13.9. The average Bonchev–Trinajstić information content (AvgIpc) is 3.38. The van der Waals surface area contributed by atoms with Crippen LogP contribution in [0.25, 0.3) is 0 Å². The van der Waals surface area contributed by atoms with E-state index in [1.165, 1.54) is 0 Å². The summed E-state index contributed by atoms with van der Waals surface area (Å²) in [5, 5.41) is 2.97. The molecule has 0 bridgehead atoms. The normalized spacial score (nSPS) is 17.9. The number of amides is 3. The predicted molar refractivity (Wildman–Crippen MR) is 148 cm³/mol. The first-order chi connectivity index (χ1) is 19.4. The fraction of sp³-hybridized carbons (Fsp3) is 0.323. The Hall–Kier alpha value is -4.37. The van der Waals surface area contributed by atoms with E-state index in [-0.39, 0.29) is 24.3 Å². The summed E-state index contributed by atoms with van der Waals surface area (Å²) in [5.41, 5.74) is 0.960. The number of ether oxygens (including phenoxy) is 3. The molecular weight excluding hydrogens is 510 g/mol. The summed E-state index contributed by atoms with van der Waals surface area (Å²) < 4.78 is 16.7. The van der Waals surface area contributed by atoms with Crippen molar-refractivity contribution in [3.63, 3.8) is 0 Å². The molecule has 1 spiro atoms. The van der Waals surface area contributed by atoms with Gasteiger partial charge in [-0.1, -0.05) is 30.3 Å². The number of piperidine rings is 1. The summed E-state index contributed by atoms with van der Waals surface area (Å²) in [6.07, 6.45) is 0.776. The summed E-state index contributed by atoms with van der Waals surface area (Å²) in [6, 6.07) is 22.6. The molecule has 1 N–H and O–H groups in total. The minimum Gasteiger partial charge on any atom is -0.497 e. The number of carbonyl (C=O) groups is 3. The van der Waals surface area contributed by atoms with Gasteiger partial charge in [-0.15, -0.1) is 0 Å². The van der Waals surface area contributed by atoms with Gasteiger partial charge >= 0.3 is 0 Å². The fourth-order valence-corrected chi connectivity index (χ4v) is 5.32. The lowest BCUT2D eigenvalue weighted by Gasteiger charge is -2.44. The molecule has 0 aromatic heterocycles. The van der Waals surface area contributed by atoms with E-state index in [0.717, 1.165) is 5.56 Å². The molecule has 208 valence electrons. The molecule has 9 nitrogen and oxygen atoms in total. The van der Waals surface area contributed by atoms with E-state index in [1.807, 2.05) is 30.3 Å². The Morgan fingerprint density at radius 3 is 1.93 bits per heavy atom. The number of methoxy groups -OCH3 is 2.